The van der Waals surface area contributed by atoms with E-state index < -0.39 is 11.7 Å². The van der Waals surface area contributed by atoms with Crippen LogP contribution in [0.25, 0.3) is 0 Å². The molecule has 0 aromatic heterocycles. The SMILES string of the molecule is O=C1Nc2ccc3c(c2C1=O)OC(CNCc1ccccc1)CO3. The molecule has 2 aliphatic rings. The van der Waals surface area contributed by atoms with Gasteiger partial charge in [-0.15, -0.1) is 0 Å². The third-order valence-electron chi connectivity index (χ3n) is 4.06. The average Bonchev–Trinajstić information content (AvgIpc) is 2.90. The largest absolute Gasteiger partial charge is 0.486 e. The molecule has 122 valence electrons. The summed E-state index contributed by atoms with van der Waals surface area (Å²) in [4.78, 5) is 23.6. The molecule has 0 saturated heterocycles. The van der Waals surface area contributed by atoms with Crippen LogP contribution in [0.15, 0.2) is 42.5 Å². The maximum Gasteiger partial charge on any atom is 0.297 e. The first-order chi connectivity index (χ1) is 11.7. The van der Waals surface area contributed by atoms with Crippen LogP contribution in [-0.4, -0.2) is 30.9 Å². The minimum Gasteiger partial charge on any atom is -0.486 e. The first-order valence-corrected chi connectivity index (χ1v) is 7.79. The lowest BCUT2D eigenvalue weighted by atomic mass is 10.1. The van der Waals surface area contributed by atoms with Crippen molar-refractivity contribution in [1.82, 2.24) is 5.32 Å². The van der Waals surface area contributed by atoms with E-state index in [9.17, 15) is 9.59 Å². The zero-order chi connectivity index (χ0) is 16.5. The minimum atomic E-state index is -0.633. The van der Waals surface area contributed by atoms with Crippen molar-refractivity contribution in [3.05, 3.63) is 53.6 Å². The van der Waals surface area contributed by atoms with Gasteiger partial charge in [-0.25, -0.2) is 0 Å². The monoisotopic (exact) mass is 324 g/mol. The molecule has 0 bridgehead atoms. The summed E-state index contributed by atoms with van der Waals surface area (Å²) in [7, 11) is 0. The van der Waals surface area contributed by atoms with Gasteiger partial charge in [0.25, 0.3) is 11.7 Å². The van der Waals surface area contributed by atoms with E-state index in [1.165, 1.54) is 5.56 Å². The maximum atomic E-state index is 12.0. The quantitative estimate of drug-likeness (QED) is 0.838. The second-order valence-electron chi connectivity index (χ2n) is 5.77. The molecule has 0 saturated carbocycles. The molecule has 2 heterocycles. The van der Waals surface area contributed by atoms with Gasteiger partial charge in [0.15, 0.2) is 11.5 Å². The molecule has 4 rings (SSSR count). The summed E-state index contributed by atoms with van der Waals surface area (Å²) in [6.45, 7) is 1.69. The zero-order valence-electron chi connectivity index (χ0n) is 12.9. The second kappa shape index (κ2) is 5.98. The van der Waals surface area contributed by atoms with Gasteiger partial charge in [0.1, 0.15) is 12.7 Å². The number of nitrogens with one attached hydrogen (secondary N) is 2. The molecule has 2 aromatic carbocycles. The fourth-order valence-corrected chi connectivity index (χ4v) is 2.87. The summed E-state index contributed by atoms with van der Waals surface area (Å²) in [5.41, 5.74) is 1.93. The molecule has 1 atom stereocenters. The average molecular weight is 324 g/mol. The maximum absolute atomic E-state index is 12.0. The Balaban J connectivity index is 1.45. The fourth-order valence-electron chi connectivity index (χ4n) is 2.87. The number of rotatable bonds is 4. The van der Waals surface area contributed by atoms with E-state index in [2.05, 4.69) is 10.6 Å². The van der Waals surface area contributed by atoms with E-state index >= 15 is 0 Å². The van der Waals surface area contributed by atoms with Crippen molar-refractivity contribution in [2.75, 3.05) is 18.5 Å². The number of benzene rings is 2. The number of hydrogen-bond donors (Lipinski definition) is 2. The van der Waals surface area contributed by atoms with Gasteiger partial charge in [-0.1, -0.05) is 30.3 Å². The molecule has 0 spiro atoms. The Bertz CT molecular complexity index is 804. The third-order valence-corrected chi connectivity index (χ3v) is 4.06. The van der Waals surface area contributed by atoms with Crippen LogP contribution in [0.4, 0.5) is 5.69 Å². The molecule has 1 unspecified atom stereocenters. The number of fused-ring (bicyclic) bond motifs is 3. The molecule has 2 N–H and O–H groups in total. The van der Waals surface area contributed by atoms with Gasteiger partial charge in [-0.05, 0) is 17.7 Å². The first-order valence-electron chi connectivity index (χ1n) is 7.79. The van der Waals surface area contributed by atoms with Gasteiger partial charge < -0.3 is 20.1 Å². The highest BCUT2D eigenvalue weighted by Gasteiger charge is 2.36. The topological polar surface area (TPSA) is 76.7 Å². The molecule has 6 heteroatoms. The highest BCUT2D eigenvalue weighted by molar-refractivity contribution is 6.52. The van der Waals surface area contributed by atoms with Crippen molar-refractivity contribution >= 4 is 17.4 Å². The predicted octanol–water partition coefficient (Wildman–Crippen LogP) is 1.75. The number of hydrogen-bond acceptors (Lipinski definition) is 5. The van der Waals surface area contributed by atoms with E-state index in [4.69, 9.17) is 9.47 Å². The van der Waals surface area contributed by atoms with Gasteiger partial charge >= 0.3 is 0 Å². The fraction of sp³-hybridized carbons (Fsp3) is 0.222. The number of amides is 1. The van der Waals surface area contributed by atoms with Crippen molar-refractivity contribution in [2.45, 2.75) is 12.6 Å². The van der Waals surface area contributed by atoms with Crippen molar-refractivity contribution in [2.24, 2.45) is 0 Å². The number of carbonyl (C=O) groups excluding carboxylic acids is 2. The Labute approximate surface area is 138 Å². The number of Topliss-reactive ketones (excluding diaryl/α,β-unsaturated/α-hetero) is 1. The number of ketones is 1. The highest BCUT2D eigenvalue weighted by Crippen LogP contribution is 2.41. The van der Waals surface area contributed by atoms with Crippen LogP contribution in [0.3, 0.4) is 0 Å². The predicted molar refractivity (Wildman–Crippen MR) is 87.5 cm³/mol. The third kappa shape index (κ3) is 2.61. The van der Waals surface area contributed by atoms with Crippen LogP contribution in [0.1, 0.15) is 15.9 Å². The Morgan fingerprint density at radius 1 is 1.12 bits per heavy atom. The Kier molecular flexibility index (Phi) is 3.66. The highest BCUT2D eigenvalue weighted by atomic mass is 16.6. The van der Waals surface area contributed by atoms with Gasteiger partial charge in [-0.3, -0.25) is 9.59 Å². The van der Waals surface area contributed by atoms with Crippen molar-refractivity contribution in [3.63, 3.8) is 0 Å². The summed E-state index contributed by atoms with van der Waals surface area (Å²) in [5, 5.41) is 5.85. The molecular formula is C18H16N2O4. The van der Waals surface area contributed by atoms with Crippen LogP contribution < -0.4 is 20.1 Å². The van der Waals surface area contributed by atoms with Crippen LogP contribution >= 0.6 is 0 Å². The Morgan fingerprint density at radius 2 is 1.96 bits per heavy atom. The van der Waals surface area contributed by atoms with E-state index in [1.54, 1.807) is 12.1 Å². The first kappa shape index (κ1) is 14.7. The van der Waals surface area contributed by atoms with Gasteiger partial charge in [0.05, 0.1) is 11.3 Å². The van der Waals surface area contributed by atoms with Crippen molar-refractivity contribution in [3.8, 4) is 11.5 Å². The molecule has 2 aliphatic heterocycles. The van der Waals surface area contributed by atoms with Crippen molar-refractivity contribution < 1.29 is 19.1 Å². The van der Waals surface area contributed by atoms with E-state index in [1.807, 2.05) is 30.3 Å². The smallest absolute Gasteiger partial charge is 0.297 e. The molecule has 0 aliphatic carbocycles. The minimum absolute atomic E-state index is 0.226. The molecule has 6 nitrogen and oxygen atoms in total. The summed E-state index contributed by atoms with van der Waals surface area (Å²) >= 11 is 0. The molecule has 1 amide bonds. The zero-order valence-corrected chi connectivity index (χ0v) is 12.9. The van der Waals surface area contributed by atoms with Gasteiger partial charge in [0, 0.05) is 13.1 Å². The lowest BCUT2D eigenvalue weighted by Crippen LogP contribution is -2.38. The standard InChI is InChI=1S/C18H16N2O4/c21-16-15-13(20-18(16)22)6-7-14-17(15)24-12(10-23-14)9-19-8-11-4-2-1-3-5-11/h1-7,12,19H,8-10H2,(H,20,21,22). The molecule has 2 aromatic rings. The van der Waals surface area contributed by atoms with E-state index in [0.717, 1.165) is 6.54 Å². The number of anilines is 1. The Morgan fingerprint density at radius 3 is 2.79 bits per heavy atom. The van der Waals surface area contributed by atoms with Crippen molar-refractivity contribution in [1.29, 1.82) is 0 Å². The molecule has 0 fully saturated rings. The summed E-state index contributed by atoms with van der Waals surface area (Å²) in [5.74, 6) is -0.360. The molecule has 0 radical (unpaired) electrons. The normalized spacial score (nSPS) is 18.2. The van der Waals surface area contributed by atoms with Gasteiger partial charge in [-0.2, -0.15) is 0 Å². The number of ether oxygens (including phenoxy) is 2. The summed E-state index contributed by atoms with van der Waals surface area (Å²) in [6, 6.07) is 13.4. The Hall–Kier alpha value is -2.86. The van der Waals surface area contributed by atoms with Crippen LogP contribution in [0.5, 0.6) is 11.5 Å². The lowest BCUT2D eigenvalue weighted by molar-refractivity contribution is -0.112. The lowest BCUT2D eigenvalue weighted by Gasteiger charge is -2.27. The second-order valence-corrected chi connectivity index (χ2v) is 5.77. The van der Waals surface area contributed by atoms with E-state index in [-0.39, 0.29) is 11.7 Å². The van der Waals surface area contributed by atoms with Gasteiger partial charge in [0.2, 0.25) is 0 Å². The molecule has 24 heavy (non-hydrogen) atoms. The van der Waals surface area contributed by atoms with Crippen LogP contribution in [0.2, 0.25) is 0 Å². The van der Waals surface area contributed by atoms with E-state index in [0.29, 0.717) is 30.3 Å². The van der Waals surface area contributed by atoms with Crippen LogP contribution in [0, 0.1) is 0 Å². The molecular weight excluding hydrogens is 308 g/mol. The number of carbonyl (C=O) groups is 2. The summed E-state index contributed by atoms with van der Waals surface area (Å²) < 4.78 is 11.6. The van der Waals surface area contributed by atoms with Crippen LogP contribution in [-0.2, 0) is 11.3 Å². The summed E-state index contributed by atoms with van der Waals surface area (Å²) in [6.07, 6.45) is -0.226.